The Balaban J connectivity index is 1.42. The molecule has 1 aliphatic carbocycles. The fourth-order valence-electron chi connectivity index (χ4n) is 5.77. The van der Waals surface area contributed by atoms with E-state index in [2.05, 4.69) is 77.4 Å². The lowest BCUT2D eigenvalue weighted by Crippen LogP contribution is -2.53. The number of nitrogen functional groups attached to an aromatic ring is 1. The van der Waals surface area contributed by atoms with Crippen molar-refractivity contribution in [2.45, 2.75) is 58.2 Å². The zero-order chi connectivity index (χ0) is 24.1. The summed E-state index contributed by atoms with van der Waals surface area (Å²) in [4.78, 5) is 15.4. The molecule has 0 radical (unpaired) electrons. The molecule has 3 heterocycles. The van der Waals surface area contributed by atoms with Gasteiger partial charge in [0.25, 0.3) is 0 Å². The van der Waals surface area contributed by atoms with Crippen LogP contribution >= 0.6 is 0 Å². The van der Waals surface area contributed by atoms with Crippen molar-refractivity contribution in [2.24, 2.45) is 0 Å². The Hall–Kier alpha value is -3.22. The van der Waals surface area contributed by atoms with Crippen LogP contribution in [0.2, 0.25) is 0 Å². The van der Waals surface area contributed by atoms with Crippen molar-refractivity contribution in [1.82, 2.24) is 25.2 Å². The molecule has 6 heteroatoms. The van der Waals surface area contributed by atoms with E-state index in [1.54, 1.807) is 0 Å². The highest BCUT2D eigenvalue weighted by Crippen LogP contribution is 2.42. The second-order valence-corrected chi connectivity index (χ2v) is 10.6. The molecule has 2 aromatic carbocycles. The molecule has 0 spiro atoms. The predicted octanol–water partition coefficient (Wildman–Crippen LogP) is 5.24. The number of fused-ring (bicyclic) bond motifs is 1. The van der Waals surface area contributed by atoms with Gasteiger partial charge in [0.05, 0.1) is 11.4 Å². The number of nitrogens with one attached hydrogen (secondary N) is 2. The SMILES string of the molecule is Cc1c(-c2cc(CN3C[C@@H](C)N[C@@H](C)C3)cc(C3CC3)c2)nc(N)nc1-c1c[nH]c2ccccc12. The number of para-hydroxylation sites is 1. The van der Waals surface area contributed by atoms with Gasteiger partial charge in [-0.2, -0.15) is 0 Å². The lowest BCUT2D eigenvalue weighted by Gasteiger charge is -2.36. The highest BCUT2D eigenvalue weighted by Gasteiger charge is 2.26. The highest BCUT2D eigenvalue weighted by atomic mass is 15.2. The van der Waals surface area contributed by atoms with Crippen molar-refractivity contribution in [2.75, 3.05) is 18.8 Å². The van der Waals surface area contributed by atoms with E-state index in [0.717, 1.165) is 58.6 Å². The Bertz CT molecular complexity index is 1380. The zero-order valence-corrected chi connectivity index (χ0v) is 20.8. The van der Waals surface area contributed by atoms with Gasteiger partial charge in [0.2, 0.25) is 5.95 Å². The molecule has 4 N–H and O–H groups in total. The zero-order valence-electron chi connectivity index (χ0n) is 20.8. The Morgan fingerprint density at radius 1 is 1.00 bits per heavy atom. The Labute approximate surface area is 207 Å². The molecule has 4 aromatic rings. The average Bonchev–Trinajstić information content (AvgIpc) is 3.59. The molecule has 0 unspecified atom stereocenters. The number of anilines is 1. The van der Waals surface area contributed by atoms with Crippen LogP contribution in [-0.4, -0.2) is 45.0 Å². The summed E-state index contributed by atoms with van der Waals surface area (Å²) in [7, 11) is 0. The fourth-order valence-corrected chi connectivity index (χ4v) is 5.77. The van der Waals surface area contributed by atoms with Crippen LogP contribution in [0.15, 0.2) is 48.7 Å². The molecule has 1 saturated carbocycles. The number of piperazine rings is 1. The Morgan fingerprint density at radius 2 is 1.74 bits per heavy atom. The second kappa shape index (κ2) is 8.77. The van der Waals surface area contributed by atoms with Crippen molar-refractivity contribution in [3.05, 3.63) is 65.4 Å². The van der Waals surface area contributed by atoms with Crippen molar-refractivity contribution in [3.8, 4) is 22.5 Å². The maximum atomic E-state index is 6.30. The summed E-state index contributed by atoms with van der Waals surface area (Å²) in [6.07, 6.45) is 4.58. The summed E-state index contributed by atoms with van der Waals surface area (Å²) in [6, 6.07) is 16.4. The van der Waals surface area contributed by atoms with Crippen LogP contribution in [-0.2, 0) is 6.54 Å². The van der Waals surface area contributed by atoms with E-state index in [1.807, 2.05) is 12.3 Å². The maximum absolute atomic E-state index is 6.30. The first-order valence-corrected chi connectivity index (χ1v) is 12.8. The van der Waals surface area contributed by atoms with Crippen molar-refractivity contribution in [1.29, 1.82) is 0 Å². The molecule has 6 nitrogen and oxygen atoms in total. The number of aromatic amines is 1. The van der Waals surface area contributed by atoms with E-state index < -0.39 is 0 Å². The normalized spacial score (nSPS) is 21.0. The van der Waals surface area contributed by atoms with Gasteiger partial charge in [-0.1, -0.05) is 24.3 Å². The van der Waals surface area contributed by atoms with Gasteiger partial charge in [-0.15, -0.1) is 0 Å². The molecule has 2 aromatic heterocycles. The van der Waals surface area contributed by atoms with E-state index in [-0.39, 0.29) is 0 Å². The molecule has 35 heavy (non-hydrogen) atoms. The van der Waals surface area contributed by atoms with Crippen molar-refractivity contribution >= 4 is 16.9 Å². The van der Waals surface area contributed by atoms with Crippen LogP contribution in [0.4, 0.5) is 5.95 Å². The number of nitrogens with zero attached hydrogens (tertiary/aromatic N) is 3. The van der Waals surface area contributed by atoms with Gasteiger partial charge in [-0.3, -0.25) is 4.90 Å². The topological polar surface area (TPSA) is 82.9 Å². The third kappa shape index (κ3) is 4.44. The Morgan fingerprint density at radius 3 is 2.51 bits per heavy atom. The van der Waals surface area contributed by atoms with Crippen LogP contribution in [0.5, 0.6) is 0 Å². The van der Waals surface area contributed by atoms with Crippen LogP contribution in [0.3, 0.4) is 0 Å². The molecule has 0 bridgehead atoms. The third-order valence-corrected chi connectivity index (χ3v) is 7.38. The molecular formula is C29H34N6. The number of aromatic nitrogens is 3. The molecule has 1 aliphatic heterocycles. The first-order valence-electron chi connectivity index (χ1n) is 12.8. The van der Waals surface area contributed by atoms with Gasteiger partial charge >= 0.3 is 0 Å². The van der Waals surface area contributed by atoms with E-state index in [0.29, 0.717) is 23.9 Å². The van der Waals surface area contributed by atoms with Crippen molar-refractivity contribution < 1.29 is 0 Å². The maximum Gasteiger partial charge on any atom is 0.221 e. The number of nitrogens with two attached hydrogens (primary N) is 1. The lowest BCUT2D eigenvalue weighted by atomic mass is 9.96. The minimum Gasteiger partial charge on any atom is -0.368 e. The van der Waals surface area contributed by atoms with Gasteiger partial charge in [-0.05, 0) is 68.9 Å². The molecule has 2 aliphatic rings. The monoisotopic (exact) mass is 466 g/mol. The van der Waals surface area contributed by atoms with Gasteiger partial charge in [0.15, 0.2) is 0 Å². The molecule has 2 fully saturated rings. The Kier molecular flexibility index (Phi) is 5.58. The number of hydrogen-bond donors (Lipinski definition) is 3. The van der Waals surface area contributed by atoms with Crippen LogP contribution < -0.4 is 11.1 Å². The number of hydrogen-bond acceptors (Lipinski definition) is 5. The predicted molar refractivity (Wildman–Crippen MR) is 143 cm³/mol. The van der Waals surface area contributed by atoms with Crippen LogP contribution in [0, 0.1) is 6.92 Å². The first-order chi connectivity index (χ1) is 16.9. The largest absolute Gasteiger partial charge is 0.368 e. The van der Waals surface area contributed by atoms with E-state index in [9.17, 15) is 0 Å². The smallest absolute Gasteiger partial charge is 0.221 e. The second-order valence-electron chi connectivity index (χ2n) is 10.6. The first kappa shape index (κ1) is 22.3. The summed E-state index contributed by atoms with van der Waals surface area (Å²) >= 11 is 0. The number of rotatable bonds is 5. The molecule has 2 atom stereocenters. The molecule has 0 amide bonds. The van der Waals surface area contributed by atoms with Crippen molar-refractivity contribution in [3.63, 3.8) is 0 Å². The minimum absolute atomic E-state index is 0.314. The molecular weight excluding hydrogens is 432 g/mol. The third-order valence-electron chi connectivity index (χ3n) is 7.38. The van der Waals surface area contributed by atoms with Crippen LogP contribution in [0.1, 0.15) is 49.3 Å². The van der Waals surface area contributed by atoms with E-state index in [4.69, 9.17) is 10.7 Å². The highest BCUT2D eigenvalue weighted by molar-refractivity contribution is 5.96. The van der Waals surface area contributed by atoms with Gasteiger partial charge in [0, 0.05) is 65.5 Å². The summed E-state index contributed by atoms with van der Waals surface area (Å²) in [5.41, 5.74) is 15.3. The summed E-state index contributed by atoms with van der Waals surface area (Å²) in [5, 5.41) is 4.79. The van der Waals surface area contributed by atoms with Gasteiger partial charge < -0.3 is 16.0 Å². The molecule has 1 saturated heterocycles. The lowest BCUT2D eigenvalue weighted by molar-refractivity contribution is 0.166. The van der Waals surface area contributed by atoms with E-state index >= 15 is 0 Å². The number of benzene rings is 2. The standard InChI is InChI=1S/C29H34N6/c1-17-14-35(15-18(2)32-17)16-20-10-22(21-8-9-21)12-23(11-20)27-19(3)28(34-29(30)33-27)25-13-31-26-7-5-4-6-24(25)26/h4-7,10-13,17-18,21,31-32H,8-9,14-16H2,1-3H3,(H2,30,33,34)/t17-,18+. The average molecular weight is 467 g/mol. The van der Waals surface area contributed by atoms with E-state index in [1.165, 1.54) is 24.0 Å². The summed E-state index contributed by atoms with van der Waals surface area (Å²) in [6.45, 7) is 9.75. The molecule has 6 rings (SSSR count). The van der Waals surface area contributed by atoms with Gasteiger partial charge in [-0.25, -0.2) is 9.97 Å². The number of H-pyrrole nitrogens is 1. The quantitative estimate of drug-likeness (QED) is 0.375. The summed E-state index contributed by atoms with van der Waals surface area (Å²) < 4.78 is 0. The summed E-state index contributed by atoms with van der Waals surface area (Å²) in [5.74, 6) is 0.983. The van der Waals surface area contributed by atoms with Crippen LogP contribution in [0.25, 0.3) is 33.4 Å². The molecule has 180 valence electrons. The van der Waals surface area contributed by atoms with Gasteiger partial charge in [0.1, 0.15) is 0 Å². The fraction of sp³-hybridized carbons (Fsp3) is 0.379. The minimum atomic E-state index is 0.314.